The Kier molecular flexibility index (Phi) is 3.54. The van der Waals surface area contributed by atoms with Crippen molar-refractivity contribution in [3.05, 3.63) is 45.8 Å². The summed E-state index contributed by atoms with van der Waals surface area (Å²) < 4.78 is 31.5. The highest BCUT2D eigenvalue weighted by molar-refractivity contribution is 9.10. The summed E-state index contributed by atoms with van der Waals surface area (Å²) in [4.78, 5) is 7.01. The molecule has 0 bridgehead atoms. The molecular formula is C10H4BrClF2N2O. The Morgan fingerprint density at radius 3 is 2.71 bits per heavy atom. The second-order valence-electron chi connectivity index (χ2n) is 2.97. The zero-order chi connectivity index (χ0) is 12.4. The van der Waals surface area contributed by atoms with Gasteiger partial charge in [-0.15, -0.1) is 0 Å². The predicted molar refractivity (Wildman–Crippen MR) is 61.2 cm³/mol. The molecule has 0 fully saturated rings. The van der Waals surface area contributed by atoms with Crippen molar-refractivity contribution in [3.8, 4) is 11.6 Å². The van der Waals surface area contributed by atoms with Crippen molar-refractivity contribution in [2.45, 2.75) is 0 Å². The van der Waals surface area contributed by atoms with Gasteiger partial charge in [-0.3, -0.25) is 0 Å². The molecule has 3 nitrogen and oxygen atoms in total. The third kappa shape index (κ3) is 2.89. The van der Waals surface area contributed by atoms with Gasteiger partial charge in [0.15, 0.2) is 0 Å². The monoisotopic (exact) mass is 320 g/mol. The summed E-state index contributed by atoms with van der Waals surface area (Å²) in [5.41, 5.74) is 0. The minimum absolute atomic E-state index is 0.137. The van der Waals surface area contributed by atoms with Crippen LogP contribution in [-0.4, -0.2) is 9.97 Å². The molecule has 0 amide bonds. The second kappa shape index (κ2) is 4.93. The summed E-state index contributed by atoms with van der Waals surface area (Å²) in [7, 11) is 0. The number of halogens is 4. The molecule has 17 heavy (non-hydrogen) atoms. The number of hydrogen-bond donors (Lipinski definition) is 0. The van der Waals surface area contributed by atoms with Crippen LogP contribution in [-0.2, 0) is 0 Å². The molecule has 1 aromatic carbocycles. The van der Waals surface area contributed by atoms with Crippen molar-refractivity contribution in [1.82, 2.24) is 9.97 Å². The molecule has 2 rings (SSSR count). The lowest BCUT2D eigenvalue weighted by Gasteiger charge is -2.06. The van der Waals surface area contributed by atoms with E-state index in [1.807, 2.05) is 0 Å². The van der Waals surface area contributed by atoms with E-state index >= 15 is 0 Å². The van der Waals surface area contributed by atoms with E-state index in [2.05, 4.69) is 25.9 Å². The quantitative estimate of drug-likeness (QED) is 0.785. The number of rotatable bonds is 2. The highest BCUT2D eigenvalue weighted by atomic mass is 79.9. The van der Waals surface area contributed by atoms with E-state index in [-0.39, 0.29) is 21.4 Å². The summed E-state index contributed by atoms with van der Waals surface area (Å²) in [6, 6.07) is 3.88. The lowest BCUT2D eigenvalue weighted by molar-refractivity contribution is 0.418. The normalized spacial score (nSPS) is 10.4. The van der Waals surface area contributed by atoms with Crippen LogP contribution < -0.4 is 4.74 Å². The van der Waals surface area contributed by atoms with Crippen LogP contribution in [0.3, 0.4) is 0 Å². The lowest BCUT2D eigenvalue weighted by atomic mass is 10.3. The van der Waals surface area contributed by atoms with Crippen LogP contribution in [0.25, 0.3) is 0 Å². The van der Waals surface area contributed by atoms with Crippen LogP contribution in [0, 0.1) is 11.6 Å². The van der Waals surface area contributed by atoms with E-state index in [1.54, 1.807) is 0 Å². The molecule has 1 aromatic heterocycles. The molecule has 0 unspecified atom stereocenters. The highest BCUT2D eigenvalue weighted by Gasteiger charge is 2.09. The first kappa shape index (κ1) is 12.2. The van der Waals surface area contributed by atoms with Crippen LogP contribution in [0.1, 0.15) is 0 Å². The van der Waals surface area contributed by atoms with Crippen LogP contribution in [0.15, 0.2) is 28.9 Å². The Bertz CT molecular complexity index is 568. The Balaban J connectivity index is 2.31. The van der Waals surface area contributed by atoms with Crippen LogP contribution in [0.5, 0.6) is 11.6 Å². The van der Waals surface area contributed by atoms with E-state index in [0.29, 0.717) is 0 Å². The maximum atomic E-state index is 13.2. The van der Waals surface area contributed by atoms with Gasteiger partial charge in [0.05, 0.1) is 10.7 Å². The summed E-state index contributed by atoms with van der Waals surface area (Å²) in [6.07, 6.45) is 0.892. The van der Waals surface area contributed by atoms with Gasteiger partial charge in [-0.05, 0) is 45.7 Å². The molecule has 88 valence electrons. The van der Waals surface area contributed by atoms with Crippen molar-refractivity contribution >= 4 is 27.5 Å². The Hall–Kier alpha value is -1.27. The number of aromatic nitrogens is 2. The molecule has 0 radical (unpaired) electrons. The minimum Gasteiger partial charge on any atom is -0.436 e. The average Bonchev–Trinajstić information content (AvgIpc) is 2.29. The van der Waals surface area contributed by atoms with Gasteiger partial charge >= 0.3 is 0 Å². The Labute approximate surface area is 109 Å². The SMILES string of the molecule is Fc1ccc(Oc2nc(Cl)ncc2F)cc1Br. The molecule has 2 aromatic rings. The molecule has 0 spiro atoms. The van der Waals surface area contributed by atoms with Gasteiger partial charge in [-0.1, -0.05) is 0 Å². The van der Waals surface area contributed by atoms with Gasteiger partial charge in [-0.2, -0.15) is 9.37 Å². The van der Waals surface area contributed by atoms with Crippen molar-refractivity contribution in [2.75, 3.05) is 0 Å². The molecular weight excluding hydrogens is 317 g/mol. The van der Waals surface area contributed by atoms with E-state index in [0.717, 1.165) is 6.20 Å². The maximum absolute atomic E-state index is 13.2. The van der Waals surface area contributed by atoms with E-state index in [1.165, 1.54) is 18.2 Å². The Morgan fingerprint density at radius 1 is 1.24 bits per heavy atom. The highest BCUT2D eigenvalue weighted by Crippen LogP contribution is 2.26. The van der Waals surface area contributed by atoms with Crippen molar-refractivity contribution in [3.63, 3.8) is 0 Å². The molecule has 0 atom stereocenters. The first-order valence-electron chi connectivity index (χ1n) is 4.37. The van der Waals surface area contributed by atoms with E-state index in [4.69, 9.17) is 16.3 Å². The van der Waals surface area contributed by atoms with E-state index in [9.17, 15) is 8.78 Å². The zero-order valence-electron chi connectivity index (χ0n) is 8.12. The smallest absolute Gasteiger partial charge is 0.260 e. The fourth-order valence-electron chi connectivity index (χ4n) is 1.05. The third-order valence-electron chi connectivity index (χ3n) is 1.79. The lowest BCUT2D eigenvalue weighted by Crippen LogP contribution is -1.94. The maximum Gasteiger partial charge on any atom is 0.260 e. The van der Waals surface area contributed by atoms with Gasteiger partial charge in [0.1, 0.15) is 11.6 Å². The molecule has 0 aliphatic rings. The van der Waals surface area contributed by atoms with E-state index < -0.39 is 11.6 Å². The fraction of sp³-hybridized carbons (Fsp3) is 0. The van der Waals surface area contributed by atoms with Crippen molar-refractivity contribution in [1.29, 1.82) is 0 Å². The van der Waals surface area contributed by atoms with Crippen LogP contribution in [0.2, 0.25) is 5.28 Å². The summed E-state index contributed by atoms with van der Waals surface area (Å²) in [5.74, 6) is -1.29. The largest absolute Gasteiger partial charge is 0.436 e. The first-order chi connectivity index (χ1) is 8.06. The standard InChI is InChI=1S/C10H4BrClF2N2O/c11-6-3-5(1-2-7(6)13)17-9-8(14)4-15-10(12)16-9/h1-4H. The molecule has 0 N–H and O–H groups in total. The topological polar surface area (TPSA) is 35.0 Å². The fourth-order valence-corrected chi connectivity index (χ4v) is 1.54. The molecule has 7 heteroatoms. The first-order valence-corrected chi connectivity index (χ1v) is 5.54. The van der Waals surface area contributed by atoms with Gasteiger partial charge in [0.2, 0.25) is 11.1 Å². The van der Waals surface area contributed by atoms with Crippen molar-refractivity contribution in [2.24, 2.45) is 0 Å². The molecule has 0 aliphatic heterocycles. The van der Waals surface area contributed by atoms with Gasteiger partial charge in [-0.25, -0.2) is 9.37 Å². The molecule has 1 heterocycles. The zero-order valence-corrected chi connectivity index (χ0v) is 10.5. The number of ether oxygens (including phenoxy) is 1. The van der Waals surface area contributed by atoms with Crippen LogP contribution >= 0.6 is 27.5 Å². The molecule has 0 saturated carbocycles. The summed E-state index contributed by atoms with van der Waals surface area (Å²) in [5, 5.41) is -0.137. The molecule has 0 saturated heterocycles. The number of nitrogens with zero attached hydrogens (tertiary/aromatic N) is 2. The van der Waals surface area contributed by atoms with Crippen molar-refractivity contribution < 1.29 is 13.5 Å². The minimum atomic E-state index is -0.755. The number of benzene rings is 1. The van der Waals surface area contributed by atoms with Gasteiger partial charge in [0.25, 0.3) is 5.88 Å². The second-order valence-corrected chi connectivity index (χ2v) is 4.16. The average molecular weight is 322 g/mol. The van der Waals surface area contributed by atoms with Gasteiger partial charge in [0, 0.05) is 0 Å². The third-order valence-corrected chi connectivity index (χ3v) is 2.58. The summed E-state index contributed by atoms with van der Waals surface area (Å²) in [6.45, 7) is 0. The Morgan fingerprint density at radius 2 is 2.00 bits per heavy atom. The predicted octanol–water partition coefficient (Wildman–Crippen LogP) is 3.96. The molecule has 0 aliphatic carbocycles. The number of hydrogen-bond acceptors (Lipinski definition) is 3. The summed E-state index contributed by atoms with van der Waals surface area (Å²) >= 11 is 8.49. The van der Waals surface area contributed by atoms with Gasteiger partial charge < -0.3 is 4.74 Å². The van der Waals surface area contributed by atoms with Crippen LogP contribution in [0.4, 0.5) is 8.78 Å².